The first kappa shape index (κ1) is 4.82. The Labute approximate surface area is 43.0 Å². The zero-order valence-electron chi connectivity index (χ0n) is 4.21. The van der Waals surface area contributed by atoms with Crippen LogP contribution in [0.5, 0.6) is 0 Å². The van der Waals surface area contributed by atoms with Crippen LogP contribution in [0.4, 0.5) is 4.39 Å². The molecule has 1 aliphatic rings. The van der Waals surface area contributed by atoms with E-state index >= 15 is 0 Å². The molecule has 0 N–H and O–H groups in total. The van der Waals surface area contributed by atoms with Crippen LogP contribution in [0.25, 0.3) is 0 Å². The third-order valence-electron chi connectivity index (χ3n) is 1.26. The summed E-state index contributed by atoms with van der Waals surface area (Å²) >= 11 is 0. The minimum absolute atomic E-state index is 0.0139. The molecule has 7 heavy (non-hydrogen) atoms. The number of rotatable bonds is 0. The predicted octanol–water partition coefficient (Wildman–Crippen LogP) is 2.23. The van der Waals surface area contributed by atoms with Crippen molar-refractivity contribution in [2.75, 3.05) is 0 Å². The molecule has 0 aromatic heterocycles. The first-order valence-corrected chi connectivity index (χ1v) is 2.50. The zero-order valence-corrected chi connectivity index (χ0v) is 4.21. The second-order valence-electron chi connectivity index (χ2n) is 1.86. The summed E-state index contributed by atoms with van der Waals surface area (Å²) in [5.74, 6) is 0. The van der Waals surface area contributed by atoms with Crippen molar-refractivity contribution in [3.63, 3.8) is 0 Å². The van der Waals surface area contributed by atoms with Gasteiger partial charge in [0.05, 0.1) is 0 Å². The van der Waals surface area contributed by atoms with Gasteiger partial charge in [-0.3, -0.25) is 0 Å². The fraction of sp³-hybridized carbons (Fsp3) is 0.500. The van der Waals surface area contributed by atoms with Crippen LogP contribution in [0.1, 0.15) is 19.3 Å². The van der Waals surface area contributed by atoms with Crippen molar-refractivity contribution in [1.82, 2.24) is 0 Å². The molecule has 1 fully saturated rings. The maximum atomic E-state index is 12.1. The van der Waals surface area contributed by atoms with Gasteiger partial charge in [-0.05, 0) is 24.8 Å². The maximum Gasteiger partial charge on any atom is 0.169 e. The lowest BCUT2D eigenvalue weighted by atomic mass is 10.2. The van der Waals surface area contributed by atoms with Gasteiger partial charge in [0.25, 0.3) is 0 Å². The first-order valence-electron chi connectivity index (χ1n) is 2.50. The molecule has 1 aliphatic carbocycles. The molecule has 0 aromatic carbocycles. The standard InChI is InChI=1S/C6H8F/c1-5-3-2-4-6(5)7/h1-4H2. The minimum atomic E-state index is 0.0139. The highest BCUT2D eigenvalue weighted by molar-refractivity contribution is 5.18. The van der Waals surface area contributed by atoms with Gasteiger partial charge in [-0.25, -0.2) is 4.39 Å². The molecule has 0 bridgehead atoms. The van der Waals surface area contributed by atoms with Crippen LogP contribution in [0, 0.1) is 6.17 Å². The molecule has 0 saturated heterocycles. The van der Waals surface area contributed by atoms with Crippen LogP contribution in [-0.4, -0.2) is 0 Å². The largest absolute Gasteiger partial charge is 0.235 e. The number of halogens is 1. The lowest BCUT2D eigenvalue weighted by Gasteiger charge is -1.90. The van der Waals surface area contributed by atoms with Gasteiger partial charge in [0.2, 0.25) is 0 Å². The van der Waals surface area contributed by atoms with Crippen molar-refractivity contribution in [2.24, 2.45) is 0 Å². The molecule has 1 radical (unpaired) electrons. The Bertz CT molecular complexity index is 86.2. The Morgan fingerprint density at radius 1 is 1.43 bits per heavy atom. The van der Waals surface area contributed by atoms with Gasteiger partial charge in [0.15, 0.2) is 6.17 Å². The second-order valence-corrected chi connectivity index (χ2v) is 1.86. The van der Waals surface area contributed by atoms with E-state index < -0.39 is 0 Å². The van der Waals surface area contributed by atoms with Crippen LogP contribution < -0.4 is 0 Å². The van der Waals surface area contributed by atoms with Gasteiger partial charge in [-0.1, -0.05) is 6.58 Å². The third kappa shape index (κ3) is 0.817. The molecule has 0 aliphatic heterocycles. The van der Waals surface area contributed by atoms with E-state index in [1.807, 2.05) is 0 Å². The Hall–Kier alpha value is -0.330. The number of hydrogen-bond donors (Lipinski definition) is 0. The van der Waals surface area contributed by atoms with Crippen LogP contribution in [0.15, 0.2) is 12.2 Å². The normalized spacial score (nSPS) is 23.9. The van der Waals surface area contributed by atoms with Crippen molar-refractivity contribution in [3.8, 4) is 0 Å². The zero-order chi connectivity index (χ0) is 5.28. The summed E-state index contributed by atoms with van der Waals surface area (Å²) in [6, 6.07) is 0. The fourth-order valence-corrected chi connectivity index (χ4v) is 0.769. The summed E-state index contributed by atoms with van der Waals surface area (Å²) in [6.45, 7) is 3.52. The van der Waals surface area contributed by atoms with Gasteiger partial charge in [-0.15, -0.1) is 0 Å². The van der Waals surface area contributed by atoms with Crippen LogP contribution in [-0.2, 0) is 0 Å². The maximum absolute atomic E-state index is 12.1. The van der Waals surface area contributed by atoms with E-state index in [1.54, 1.807) is 0 Å². The first-order chi connectivity index (χ1) is 3.30. The Balaban J connectivity index is 2.48. The van der Waals surface area contributed by atoms with Crippen LogP contribution >= 0.6 is 0 Å². The summed E-state index contributed by atoms with van der Waals surface area (Å²) in [7, 11) is 0. The SMILES string of the molecule is C=C1CCC[C]1F. The highest BCUT2D eigenvalue weighted by Gasteiger charge is 2.18. The molecule has 0 spiro atoms. The molecule has 1 rings (SSSR count). The average molecular weight is 99.1 g/mol. The van der Waals surface area contributed by atoms with Gasteiger partial charge in [0, 0.05) is 0 Å². The highest BCUT2D eigenvalue weighted by Crippen LogP contribution is 2.31. The highest BCUT2D eigenvalue weighted by atomic mass is 19.1. The van der Waals surface area contributed by atoms with E-state index in [1.165, 1.54) is 0 Å². The monoisotopic (exact) mass is 99.1 g/mol. The summed E-state index contributed by atoms with van der Waals surface area (Å²) in [6.07, 6.45) is 2.47. The van der Waals surface area contributed by atoms with Crippen LogP contribution in [0.2, 0.25) is 0 Å². The van der Waals surface area contributed by atoms with E-state index in [4.69, 9.17) is 0 Å². The quantitative estimate of drug-likeness (QED) is 0.437. The number of allylic oxidation sites excluding steroid dienone is 1. The van der Waals surface area contributed by atoms with E-state index in [0.717, 1.165) is 12.8 Å². The number of hydrogen-bond acceptors (Lipinski definition) is 0. The van der Waals surface area contributed by atoms with E-state index in [0.29, 0.717) is 12.0 Å². The summed E-state index contributed by atoms with van der Waals surface area (Å²) in [4.78, 5) is 0. The molecule has 0 heterocycles. The van der Waals surface area contributed by atoms with E-state index in [9.17, 15) is 4.39 Å². The van der Waals surface area contributed by atoms with Gasteiger partial charge in [-0.2, -0.15) is 0 Å². The molecular weight excluding hydrogens is 91.1 g/mol. The molecule has 0 amide bonds. The second kappa shape index (κ2) is 1.65. The summed E-state index contributed by atoms with van der Waals surface area (Å²) in [5, 5.41) is 0. The molecule has 0 nitrogen and oxygen atoms in total. The van der Waals surface area contributed by atoms with E-state index in [-0.39, 0.29) is 6.17 Å². The lowest BCUT2D eigenvalue weighted by molar-refractivity contribution is 0.519. The molecule has 1 saturated carbocycles. The summed E-state index contributed by atoms with van der Waals surface area (Å²) in [5.41, 5.74) is 0.708. The van der Waals surface area contributed by atoms with Crippen molar-refractivity contribution in [1.29, 1.82) is 0 Å². The Morgan fingerprint density at radius 2 is 2.14 bits per heavy atom. The van der Waals surface area contributed by atoms with Crippen LogP contribution in [0.3, 0.4) is 0 Å². The average Bonchev–Trinajstić information content (AvgIpc) is 1.91. The summed E-state index contributed by atoms with van der Waals surface area (Å²) < 4.78 is 12.1. The topological polar surface area (TPSA) is 0 Å². The lowest BCUT2D eigenvalue weighted by Crippen LogP contribution is -1.77. The Kier molecular flexibility index (Phi) is 1.13. The fourth-order valence-electron chi connectivity index (χ4n) is 0.769. The van der Waals surface area contributed by atoms with Gasteiger partial charge in [0.1, 0.15) is 0 Å². The van der Waals surface area contributed by atoms with Crippen molar-refractivity contribution >= 4 is 0 Å². The van der Waals surface area contributed by atoms with Gasteiger partial charge < -0.3 is 0 Å². The molecule has 39 valence electrons. The van der Waals surface area contributed by atoms with Crippen molar-refractivity contribution in [2.45, 2.75) is 19.3 Å². The van der Waals surface area contributed by atoms with E-state index in [2.05, 4.69) is 6.58 Å². The third-order valence-corrected chi connectivity index (χ3v) is 1.26. The molecular formula is C6H8F. The minimum Gasteiger partial charge on any atom is -0.235 e. The molecule has 0 unspecified atom stereocenters. The molecule has 0 atom stereocenters. The Morgan fingerprint density at radius 3 is 2.29 bits per heavy atom. The van der Waals surface area contributed by atoms with Gasteiger partial charge >= 0.3 is 0 Å². The predicted molar refractivity (Wildman–Crippen MR) is 27.3 cm³/mol. The molecule has 0 aromatic rings. The van der Waals surface area contributed by atoms with Crippen molar-refractivity contribution < 1.29 is 4.39 Å². The smallest absolute Gasteiger partial charge is 0.169 e. The van der Waals surface area contributed by atoms with Crippen molar-refractivity contribution in [3.05, 3.63) is 18.3 Å². The molecule has 1 heteroatoms.